The fourth-order valence-electron chi connectivity index (χ4n) is 3.74. The molecule has 3 rings (SSSR count). The molecule has 0 N–H and O–H groups in total. The third-order valence-electron chi connectivity index (χ3n) is 5.18. The van der Waals surface area contributed by atoms with Crippen LogP contribution in [0, 0.1) is 12.8 Å². The third kappa shape index (κ3) is 4.34. The van der Waals surface area contributed by atoms with E-state index in [4.69, 9.17) is 4.74 Å². The Morgan fingerprint density at radius 3 is 2.33 bits per heavy atom. The molecule has 1 aromatic rings. The van der Waals surface area contributed by atoms with Gasteiger partial charge in [-0.1, -0.05) is 31.5 Å². The van der Waals surface area contributed by atoms with Crippen molar-refractivity contribution in [2.24, 2.45) is 5.92 Å². The average Bonchev–Trinajstić information content (AvgIpc) is 3.09. The molecule has 2 saturated heterocycles. The number of rotatable bonds is 5. The van der Waals surface area contributed by atoms with Crippen LogP contribution in [-0.4, -0.2) is 80.5 Å². The SMILES string of the molecule is Cc1ccc(S(=O)(=O)N2CCN(C(=O)CN3CCOCC3)[C@@H]2C(C)C)cc1. The second-order valence-corrected chi connectivity index (χ2v) is 9.45. The van der Waals surface area contributed by atoms with Gasteiger partial charge in [-0.05, 0) is 25.0 Å². The molecule has 0 aliphatic carbocycles. The predicted octanol–water partition coefficient (Wildman–Crippen LogP) is 1.14. The van der Waals surface area contributed by atoms with Gasteiger partial charge in [0.05, 0.1) is 24.7 Å². The van der Waals surface area contributed by atoms with E-state index in [9.17, 15) is 13.2 Å². The summed E-state index contributed by atoms with van der Waals surface area (Å²) in [5.74, 6) is -0.0152. The van der Waals surface area contributed by atoms with Gasteiger partial charge in [-0.25, -0.2) is 8.42 Å². The molecule has 27 heavy (non-hydrogen) atoms. The first kappa shape index (κ1) is 20.3. The van der Waals surface area contributed by atoms with E-state index in [0.717, 1.165) is 18.7 Å². The van der Waals surface area contributed by atoms with Gasteiger partial charge in [-0.2, -0.15) is 4.31 Å². The Labute approximate surface area is 161 Å². The number of aryl methyl sites for hydroxylation is 1. The van der Waals surface area contributed by atoms with Gasteiger partial charge in [0.1, 0.15) is 6.17 Å². The van der Waals surface area contributed by atoms with E-state index in [0.29, 0.717) is 32.8 Å². The molecule has 2 fully saturated rings. The lowest BCUT2D eigenvalue weighted by atomic mass is 10.1. The lowest BCUT2D eigenvalue weighted by Gasteiger charge is -2.34. The second-order valence-electron chi connectivity index (χ2n) is 7.56. The number of ether oxygens (including phenoxy) is 1. The van der Waals surface area contributed by atoms with Crippen molar-refractivity contribution in [3.63, 3.8) is 0 Å². The number of amides is 1. The molecule has 0 unspecified atom stereocenters. The van der Waals surface area contributed by atoms with Crippen LogP contribution in [0.1, 0.15) is 19.4 Å². The van der Waals surface area contributed by atoms with Crippen LogP contribution in [0.3, 0.4) is 0 Å². The average molecular weight is 396 g/mol. The van der Waals surface area contributed by atoms with Crippen LogP contribution in [0.5, 0.6) is 0 Å². The second kappa shape index (κ2) is 8.26. The van der Waals surface area contributed by atoms with Gasteiger partial charge in [0.15, 0.2) is 0 Å². The fourth-order valence-corrected chi connectivity index (χ4v) is 5.45. The third-order valence-corrected chi connectivity index (χ3v) is 7.07. The molecule has 8 heteroatoms. The van der Waals surface area contributed by atoms with E-state index in [-0.39, 0.29) is 16.7 Å². The quantitative estimate of drug-likeness (QED) is 0.748. The standard InChI is InChI=1S/C19H29N3O4S/c1-15(2)19-21(18(23)14-20-10-12-26-13-11-20)8-9-22(19)27(24,25)17-6-4-16(3)5-7-17/h4-7,15,19H,8-14H2,1-3H3/t19-/m0/s1. The predicted molar refractivity (Wildman–Crippen MR) is 103 cm³/mol. The zero-order chi connectivity index (χ0) is 19.6. The molecule has 0 spiro atoms. The van der Waals surface area contributed by atoms with Gasteiger partial charge in [0, 0.05) is 26.2 Å². The molecule has 7 nitrogen and oxygen atoms in total. The maximum Gasteiger partial charge on any atom is 0.244 e. The van der Waals surface area contributed by atoms with Crippen molar-refractivity contribution < 1.29 is 17.9 Å². The van der Waals surface area contributed by atoms with Crippen LogP contribution in [0.2, 0.25) is 0 Å². The summed E-state index contributed by atoms with van der Waals surface area (Å²) in [6.45, 7) is 9.65. The van der Waals surface area contributed by atoms with E-state index >= 15 is 0 Å². The fraction of sp³-hybridized carbons (Fsp3) is 0.632. The van der Waals surface area contributed by atoms with Crippen molar-refractivity contribution in [3.05, 3.63) is 29.8 Å². The van der Waals surface area contributed by atoms with Gasteiger partial charge >= 0.3 is 0 Å². The highest BCUT2D eigenvalue weighted by molar-refractivity contribution is 7.89. The molecule has 0 bridgehead atoms. The van der Waals surface area contributed by atoms with Crippen molar-refractivity contribution in [1.82, 2.24) is 14.1 Å². The van der Waals surface area contributed by atoms with Crippen LogP contribution in [-0.2, 0) is 19.6 Å². The zero-order valence-corrected chi connectivity index (χ0v) is 17.1. The summed E-state index contributed by atoms with van der Waals surface area (Å²) in [4.78, 5) is 17.0. The lowest BCUT2D eigenvalue weighted by Crippen LogP contribution is -2.51. The minimum absolute atomic E-state index is 0.00126. The van der Waals surface area contributed by atoms with Gasteiger partial charge in [0.25, 0.3) is 0 Å². The van der Waals surface area contributed by atoms with Crippen LogP contribution in [0.25, 0.3) is 0 Å². The molecule has 150 valence electrons. The monoisotopic (exact) mass is 395 g/mol. The highest BCUT2D eigenvalue weighted by Gasteiger charge is 2.43. The summed E-state index contributed by atoms with van der Waals surface area (Å²) in [5, 5.41) is 0. The van der Waals surface area contributed by atoms with E-state index < -0.39 is 16.2 Å². The van der Waals surface area contributed by atoms with Crippen molar-refractivity contribution in [2.75, 3.05) is 45.9 Å². The molecular weight excluding hydrogens is 366 g/mol. The van der Waals surface area contributed by atoms with Crippen LogP contribution in [0.4, 0.5) is 0 Å². The van der Waals surface area contributed by atoms with Gasteiger partial charge in [-0.3, -0.25) is 9.69 Å². The van der Waals surface area contributed by atoms with Crippen molar-refractivity contribution >= 4 is 15.9 Å². The zero-order valence-electron chi connectivity index (χ0n) is 16.3. The van der Waals surface area contributed by atoms with Crippen LogP contribution in [0.15, 0.2) is 29.2 Å². The topological polar surface area (TPSA) is 70.2 Å². The molecule has 0 aromatic heterocycles. The van der Waals surface area contributed by atoms with Gasteiger partial charge in [0.2, 0.25) is 15.9 Å². The number of morpholine rings is 1. The molecule has 0 saturated carbocycles. The summed E-state index contributed by atoms with van der Waals surface area (Å²) in [6.07, 6.45) is -0.454. The van der Waals surface area contributed by atoms with E-state index in [1.807, 2.05) is 20.8 Å². The van der Waals surface area contributed by atoms with Gasteiger partial charge in [-0.15, -0.1) is 0 Å². The first-order chi connectivity index (χ1) is 12.8. The maximum absolute atomic E-state index is 13.2. The minimum atomic E-state index is -3.64. The first-order valence-electron chi connectivity index (χ1n) is 9.49. The molecule has 1 amide bonds. The molecule has 2 aliphatic rings. The number of hydrogen-bond donors (Lipinski definition) is 0. The first-order valence-corrected chi connectivity index (χ1v) is 10.9. The number of sulfonamides is 1. The maximum atomic E-state index is 13.2. The van der Waals surface area contributed by atoms with Crippen LogP contribution >= 0.6 is 0 Å². The highest BCUT2D eigenvalue weighted by atomic mass is 32.2. The number of hydrogen-bond acceptors (Lipinski definition) is 5. The van der Waals surface area contributed by atoms with Crippen molar-refractivity contribution in [2.45, 2.75) is 31.8 Å². The number of benzene rings is 1. The Bertz CT molecular complexity index is 758. The number of carbonyl (C=O) groups excluding carboxylic acids is 1. The van der Waals surface area contributed by atoms with Crippen LogP contribution < -0.4 is 0 Å². The van der Waals surface area contributed by atoms with E-state index in [1.54, 1.807) is 29.2 Å². The lowest BCUT2D eigenvalue weighted by molar-refractivity contribution is -0.136. The Morgan fingerprint density at radius 1 is 1.11 bits per heavy atom. The molecule has 1 aromatic carbocycles. The van der Waals surface area contributed by atoms with Crippen molar-refractivity contribution in [3.8, 4) is 0 Å². The molecule has 1 atom stereocenters. The molecule has 2 aliphatic heterocycles. The summed E-state index contributed by atoms with van der Waals surface area (Å²) in [6, 6.07) is 6.88. The number of nitrogens with zero attached hydrogens (tertiary/aromatic N) is 3. The Kier molecular flexibility index (Phi) is 6.20. The number of carbonyl (C=O) groups is 1. The smallest absolute Gasteiger partial charge is 0.244 e. The van der Waals surface area contributed by atoms with E-state index in [2.05, 4.69) is 4.90 Å². The summed E-state index contributed by atoms with van der Waals surface area (Å²) in [5.41, 5.74) is 1.01. The summed E-state index contributed by atoms with van der Waals surface area (Å²) >= 11 is 0. The Hall–Kier alpha value is -1.48. The Balaban J connectivity index is 1.79. The molecule has 2 heterocycles. The minimum Gasteiger partial charge on any atom is -0.379 e. The highest BCUT2D eigenvalue weighted by Crippen LogP contribution is 2.29. The normalized spacial score (nSPS) is 22.5. The van der Waals surface area contributed by atoms with Crippen molar-refractivity contribution in [1.29, 1.82) is 0 Å². The van der Waals surface area contributed by atoms with Gasteiger partial charge < -0.3 is 9.64 Å². The largest absolute Gasteiger partial charge is 0.379 e. The van der Waals surface area contributed by atoms with E-state index in [1.165, 1.54) is 4.31 Å². The molecule has 0 radical (unpaired) electrons. The summed E-state index contributed by atoms with van der Waals surface area (Å²) < 4.78 is 33.2. The Morgan fingerprint density at radius 2 is 1.74 bits per heavy atom. The molecular formula is C19H29N3O4S. The summed E-state index contributed by atoms with van der Waals surface area (Å²) in [7, 11) is -3.64.